The quantitative estimate of drug-likeness (QED) is 0.574. The van der Waals surface area contributed by atoms with Crippen LogP contribution in [0, 0.1) is 11.3 Å². The number of aliphatic carboxylic acids is 1. The van der Waals surface area contributed by atoms with Gasteiger partial charge in [0.05, 0.1) is 12.1 Å². The molecule has 7 heteroatoms. The van der Waals surface area contributed by atoms with Crippen LogP contribution < -0.4 is 10.6 Å². The van der Waals surface area contributed by atoms with E-state index in [1.807, 2.05) is 34.6 Å². The highest BCUT2D eigenvalue weighted by Gasteiger charge is 2.38. The number of nitrogens with zero attached hydrogens (tertiary/aromatic N) is 1. The lowest BCUT2D eigenvalue weighted by Gasteiger charge is -2.38. The molecule has 0 saturated carbocycles. The Balaban J connectivity index is 3.05. The van der Waals surface area contributed by atoms with E-state index in [4.69, 9.17) is 0 Å². The second-order valence-corrected chi connectivity index (χ2v) is 9.15. The van der Waals surface area contributed by atoms with E-state index in [0.29, 0.717) is 0 Å². The van der Waals surface area contributed by atoms with Crippen LogP contribution in [0.3, 0.4) is 0 Å². The number of hydrogen-bond acceptors (Lipinski definition) is 4. The Morgan fingerprint density at radius 2 is 1.82 bits per heavy atom. The summed E-state index contributed by atoms with van der Waals surface area (Å²) >= 11 is 0. The van der Waals surface area contributed by atoms with Crippen molar-refractivity contribution in [2.75, 3.05) is 13.6 Å². The highest BCUT2D eigenvalue weighted by molar-refractivity contribution is 5.91. The third kappa shape index (κ3) is 6.62. The Morgan fingerprint density at radius 3 is 2.25 bits per heavy atom. The van der Waals surface area contributed by atoms with Crippen molar-refractivity contribution in [2.45, 2.75) is 78.9 Å². The van der Waals surface area contributed by atoms with Crippen molar-refractivity contribution in [1.82, 2.24) is 15.5 Å². The lowest BCUT2D eigenvalue weighted by molar-refractivity contribution is -0.140. The van der Waals surface area contributed by atoms with Gasteiger partial charge in [-0.3, -0.25) is 9.59 Å². The highest BCUT2D eigenvalue weighted by Crippen LogP contribution is 2.24. The molecule has 7 nitrogen and oxygen atoms in total. The minimum atomic E-state index is -1.00. The molecule has 28 heavy (non-hydrogen) atoms. The number of amides is 2. The van der Waals surface area contributed by atoms with Crippen molar-refractivity contribution in [2.24, 2.45) is 11.3 Å². The van der Waals surface area contributed by atoms with Gasteiger partial charge in [-0.1, -0.05) is 47.1 Å². The Kier molecular flexibility index (Phi) is 8.67. The molecule has 1 unspecified atom stereocenters. The molecular formula is C21H37N3O4. The van der Waals surface area contributed by atoms with Crippen LogP contribution in [0.25, 0.3) is 0 Å². The summed E-state index contributed by atoms with van der Waals surface area (Å²) in [5, 5.41) is 15.4. The SMILES string of the molecule is C/C(=C\[C@H](C(C)C)N(C)C(=O)[C@@H](NC(=O)C1CCCCN1)C(C)(C)C)C(=O)O. The number of carbonyl (C=O) groups excluding carboxylic acids is 2. The summed E-state index contributed by atoms with van der Waals surface area (Å²) in [6, 6.07) is -1.35. The van der Waals surface area contributed by atoms with Gasteiger partial charge in [0.1, 0.15) is 6.04 Å². The molecule has 0 aliphatic carbocycles. The largest absolute Gasteiger partial charge is 0.478 e. The fraction of sp³-hybridized carbons (Fsp3) is 0.762. The normalized spacial score (nSPS) is 20.4. The van der Waals surface area contributed by atoms with E-state index in [9.17, 15) is 19.5 Å². The Bertz CT molecular complexity index is 601. The second-order valence-electron chi connectivity index (χ2n) is 9.15. The summed E-state index contributed by atoms with van der Waals surface area (Å²) in [6.45, 7) is 12.0. The first-order chi connectivity index (χ1) is 12.9. The zero-order valence-corrected chi connectivity index (χ0v) is 18.3. The lowest BCUT2D eigenvalue weighted by atomic mass is 9.84. The zero-order valence-electron chi connectivity index (χ0n) is 18.3. The number of piperidine rings is 1. The average molecular weight is 396 g/mol. The van der Waals surface area contributed by atoms with E-state index in [1.54, 1.807) is 18.0 Å². The van der Waals surface area contributed by atoms with Crippen molar-refractivity contribution in [3.05, 3.63) is 11.6 Å². The van der Waals surface area contributed by atoms with Crippen LogP contribution in [0.15, 0.2) is 11.6 Å². The Morgan fingerprint density at radius 1 is 1.21 bits per heavy atom. The number of rotatable bonds is 7. The molecule has 3 N–H and O–H groups in total. The molecule has 3 atom stereocenters. The highest BCUT2D eigenvalue weighted by atomic mass is 16.4. The van der Waals surface area contributed by atoms with E-state index in [2.05, 4.69) is 10.6 Å². The van der Waals surface area contributed by atoms with Crippen LogP contribution >= 0.6 is 0 Å². The maximum atomic E-state index is 13.3. The summed E-state index contributed by atoms with van der Waals surface area (Å²) in [6.07, 6.45) is 4.42. The van der Waals surface area contributed by atoms with Gasteiger partial charge < -0.3 is 20.6 Å². The third-order valence-electron chi connectivity index (χ3n) is 5.26. The standard InChI is InChI=1S/C21H37N3O4/c1-13(2)16(12-14(3)20(27)28)24(7)19(26)17(21(4,5)6)23-18(25)15-10-8-9-11-22-15/h12-13,15-17,22H,8-11H2,1-7H3,(H,23,25)(H,27,28)/b14-12+/t15?,16-,17-/m1/s1. The Labute approximate surface area is 168 Å². The van der Waals surface area contributed by atoms with Gasteiger partial charge in [0, 0.05) is 12.6 Å². The molecule has 0 aromatic heterocycles. The topological polar surface area (TPSA) is 98.7 Å². The fourth-order valence-electron chi connectivity index (χ4n) is 3.40. The first kappa shape index (κ1) is 24.1. The average Bonchev–Trinajstić information content (AvgIpc) is 2.61. The van der Waals surface area contributed by atoms with E-state index in [-0.39, 0.29) is 35.4 Å². The molecule has 1 aliphatic heterocycles. The molecule has 0 aromatic carbocycles. The van der Waals surface area contributed by atoms with Gasteiger partial charge in [0.2, 0.25) is 11.8 Å². The van der Waals surface area contributed by atoms with Gasteiger partial charge in [-0.25, -0.2) is 4.79 Å². The number of likely N-dealkylation sites (N-methyl/N-ethyl adjacent to an activating group) is 1. The molecule has 0 bridgehead atoms. The molecule has 2 amide bonds. The van der Waals surface area contributed by atoms with Gasteiger partial charge in [0.15, 0.2) is 0 Å². The zero-order chi connectivity index (χ0) is 21.6. The maximum Gasteiger partial charge on any atom is 0.331 e. The van der Waals surface area contributed by atoms with Crippen LogP contribution in [0.2, 0.25) is 0 Å². The number of hydrogen-bond donors (Lipinski definition) is 3. The molecule has 1 rings (SSSR count). The van der Waals surface area contributed by atoms with E-state index in [0.717, 1.165) is 25.8 Å². The Hall–Kier alpha value is -1.89. The number of nitrogens with one attached hydrogen (secondary N) is 2. The molecule has 0 aromatic rings. The van der Waals surface area contributed by atoms with Crippen LogP contribution in [0.5, 0.6) is 0 Å². The van der Waals surface area contributed by atoms with E-state index >= 15 is 0 Å². The fourth-order valence-corrected chi connectivity index (χ4v) is 3.40. The van der Waals surface area contributed by atoms with Crippen LogP contribution in [0.4, 0.5) is 0 Å². The molecule has 1 saturated heterocycles. The van der Waals surface area contributed by atoms with E-state index in [1.165, 1.54) is 6.92 Å². The summed E-state index contributed by atoms with van der Waals surface area (Å²) < 4.78 is 0. The predicted molar refractivity (Wildman–Crippen MR) is 110 cm³/mol. The predicted octanol–water partition coefficient (Wildman–Crippen LogP) is 2.17. The van der Waals surface area contributed by atoms with Gasteiger partial charge in [-0.2, -0.15) is 0 Å². The molecular weight excluding hydrogens is 358 g/mol. The number of carboxylic acids is 1. The second kappa shape index (κ2) is 10.0. The molecule has 160 valence electrons. The van der Waals surface area contributed by atoms with Crippen LogP contribution in [-0.2, 0) is 14.4 Å². The third-order valence-corrected chi connectivity index (χ3v) is 5.26. The first-order valence-electron chi connectivity index (χ1n) is 10.1. The van der Waals surface area contributed by atoms with Crippen molar-refractivity contribution in [1.29, 1.82) is 0 Å². The van der Waals surface area contributed by atoms with Crippen molar-refractivity contribution < 1.29 is 19.5 Å². The number of carbonyl (C=O) groups is 3. The molecule has 1 heterocycles. The number of carboxylic acid groups (broad SMARTS) is 1. The van der Waals surface area contributed by atoms with Crippen molar-refractivity contribution in [3.63, 3.8) is 0 Å². The van der Waals surface area contributed by atoms with Gasteiger partial charge >= 0.3 is 5.97 Å². The molecule has 1 fully saturated rings. The van der Waals surface area contributed by atoms with Crippen molar-refractivity contribution >= 4 is 17.8 Å². The lowest BCUT2D eigenvalue weighted by Crippen LogP contribution is -2.59. The molecule has 1 aliphatic rings. The smallest absolute Gasteiger partial charge is 0.331 e. The molecule has 0 radical (unpaired) electrons. The summed E-state index contributed by atoms with van der Waals surface area (Å²) in [4.78, 5) is 38.8. The van der Waals surface area contributed by atoms with Gasteiger partial charge in [0.25, 0.3) is 0 Å². The summed E-state index contributed by atoms with van der Waals surface area (Å²) in [5.74, 6) is -1.35. The van der Waals surface area contributed by atoms with Crippen molar-refractivity contribution in [3.8, 4) is 0 Å². The maximum absolute atomic E-state index is 13.3. The van der Waals surface area contributed by atoms with Crippen LogP contribution in [-0.4, -0.2) is 59.5 Å². The minimum Gasteiger partial charge on any atom is -0.478 e. The summed E-state index contributed by atoms with van der Waals surface area (Å²) in [7, 11) is 1.67. The molecule has 0 spiro atoms. The van der Waals surface area contributed by atoms with Gasteiger partial charge in [-0.05, 0) is 37.6 Å². The monoisotopic (exact) mass is 395 g/mol. The van der Waals surface area contributed by atoms with E-state index < -0.39 is 17.4 Å². The van der Waals surface area contributed by atoms with Crippen LogP contribution in [0.1, 0.15) is 60.8 Å². The summed E-state index contributed by atoms with van der Waals surface area (Å²) in [5.41, 5.74) is -0.288. The van der Waals surface area contributed by atoms with Gasteiger partial charge in [-0.15, -0.1) is 0 Å². The minimum absolute atomic E-state index is 0.0274. The first-order valence-corrected chi connectivity index (χ1v) is 10.1.